The van der Waals surface area contributed by atoms with E-state index in [4.69, 9.17) is 31.8 Å². The van der Waals surface area contributed by atoms with Crippen LogP contribution in [0, 0.1) is 5.82 Å². The zero-order valence-corrected chi connectivity index (χ0v) is 20.3. The van der Waals surface area contributed by atoms with Crippen LogP contribution in [0.4, 0.5) is 10.2 Å². The number of halogens is 2. The van der Waals surface area contributed by atoms with Crippen LogP contribution < -0.4 is 10.6 Å². The topological polar surface area (TPSA) is 90.0 Å². The summed E-state index contributed by atoms with van der Waals surface area (Å²) in [5, 5.41) is 0.262. The summed E-state index contributed by atoms with van der Waals surface area (Å²) in [4.78, 5) is 24.1. The standard InChI is InChI=1S/C26H28ClFN4O3/c1-3-19-21(26(33)34-4-2)12-24(31-25(19)20-8-5-17(27)11-22(20)28)32-9-10-35-23(15-32)16(13-29)14-30-18-6-7-18/h3,5,8,11-14,18,23H,1,4,6-7,9-10,15,29H2,2H3/b16-13+,30-14?. The molecule has 1 atom stereocenters. The molecule has 7 nitrogen and oxygen atoms in total. The number of ether oxygens (including phenoxy) is 2. The predicted octanol–water partition coefficient (Wildman–Crippen LogP) is 4.64. The molecule has 0 spiro atoms. The van der Waals surface area contributed by atoms with Crippen LogP contribution in [0.15, 0.2) is 47.6 Å². The highest BCUT2D eigenvalue weighted by Gasteiger charge is 2.28. The second-order valence-corrected chi connectivity index (χ2v) is 8.76. The summed E-state index contributed by atoms with van der Waals surface area (Å²) >= 11 is 5.96. The molecule has 1 saturated heterocycles. The lowest BCUT2D eigenvalue weighted by Gasteiger charge is -2.34. The number of hydrogen-bond donors (Lipinski definition) is 1. The van der Waals surface area contributed by atoms with Gasteiger partial charge in [-0.25, -0.2) is 14.2 Å². The monoisotopic (exact) mass is 498 g/mol. The minimum atomic E-state index is -0.551. The molecule has 1 aromatic carbocycles. The van der Waals surface area contributed by atoms with Crippen LogP contribution in [0.2, 0.25) is 5.02 Å². The van der Waals surface area contributed by atoms with Crippen LogP contribution in [0.5, 0.6) is 0 Å². The molecular formula is C26H28ClFN4O3. The van der Waals surface area contributed by atoms with Crippen LogP contribution in [0.3, 0.4) is 0 Å². The van der Waals surface area contributed by atoms with E-state index in [0.29, 0.717) is 37.1 Å². The van der Waals surface area contributed by atoms with Crippen molar-refractivity contribution >= 4 is 35.7 Å². The fraction of sp³-hybridized carbons (Fsp3) is 0.346. The molecule has 1 aliphatic carbocycles. The van der Waals surface area contributed by atoms with Crippen molar-refractivity contribution in [2.75, 3.05) is 31.2 Å². The van der Waals surface area contributed by atoms with Crippen molar-refractivity contribution in [3.05, 3.63) is 64.6 Å². The molecule has 0 radical (unpaired) electrons. The summed E-state index contributed by atoms with van der Waals surface area (Å²) in [6.45, 7) is 7.14. The highest BCUT2D eigenvalue weighted by Crippen LogP contribution is 2.33. The van der Waals surface area contributed by atoms with Crippen LogP contribution >= 0.6 is 11.6 Å². The van der Waals surface area contributed by atoms with Gasteiger partial charge in [-0.3, -0.25) is 4.99 Å². The van der Waals surface area contributed by atoms with E-state index < -0.39 is 11.8 Å². The number of hydrogen-bond acceptors (Lipinski definition) is 7. The van der Waals surface area contributed by atoms with Crippen LogP contribution in [0.25, 0.3) is 17.3 Å². The minimum absolute atomic E-state index is 0.197. The first-order chi connectivity index (χ1) is 16.9. The molecule has 2 fully saturated rings. The first kappa shape index (κ1) is 24.9. The Morgan fingerprint density at radius 1 is 1.43 bits per heavy atom. The van der Waals surface area contributed by atoms with Gasteiger partial charge in [0.2, 0.25) is 0 Å². The lowest BCUT2D eigenvalue weighted by atomic mass is 9.99. The fourth-order valence-corrected chi connectivity index (χ4v) is 4.04. The van der Waals surface area contributed by atoms with Crippen molar-refractivity contribution in [3.63, 3.8) is 0 Å². The van der Waals surface area contributed by atoms with Gasteiger partial charge in [-0.05, 0) is 44.0 Å². The molecule has 0 bridgehead atoms. The zero-order chi connectivity index (χ0) is 24.9. The maximum atomic E-state index is 14.9. The summed E-state index contributed by atoms with van der Waals surface area (Å²) in [5.74, 6) is -0.595. The lowest BCUT2D eigenvalue weighted by Crippen LogP contribution is -2.44. The number of morpholine rings is 1. The van der Waals surface area contributed by atoms with Gasteiger partial charge in [-0.1, -0.05) is 24.3 Å². The smallest absolute Gasteiger partial charge is 0.338 e. The van der Waals surface area contributed by atoms with Crippen LogP contribution in [0.1, 0.15) is 35.7 Å². The van der Waals surface area contributed by atoms with Gasteiger partial charge >= 0.3 is 5.97 Å². The first-order valence-electron chi connectivity index (χ1n) is 11.6. The number of benzene rings is 1. The van der Waals surface area contributed by atoms with Crippen molar-refractivity contribution in [1.29, 1.82) is 0 Å². The Labute approximate surface area is 209 Å². The number of aromatic nitrogens is 1. The lowest BCUT2D eigenvalue weighted by molar-refractivity contribution is 0.0526. The van der Waals surface area contributed by atoms with E-state index in [2.05, 4.69) is 11.6 Å². The molecule has 2 aliphatic rings. The molecule has 4 rings (SSSR count). The van der Waals surface area contributed by atoms with E-state index in [0.717, 1.165) is 18.4 Å². The number of carbonyl (C=O) groups excluding carboxylic acids is 1. The van der Waals surface area contributed by atoms with Crippen LogP contribution in [-0.4, -0.2) is 55.6 Å². The highest BCUT2D eigenvalue weighted by molar-refractivity contribution is 6.30. The van der Waals surface area contributed by atoms with Gasteiger partial charge in [-0.15, -0.1) is 0 Å². The molecule has 1 unspecified atom stereocenters. The van der Waals surface area contributed by atoms with Crippen molar-refractivity contribution in [2.45, 2.75) is 31.9 Å². The number of esters is 1. The zero-order valence-electron chi connectivity index (χ0n) is 19.5. The molecule has 2 heterocycles. The summed E-state index contributed by atoms with van der Waals surface area (Å²) in [6.07, 6.45) is 6.63. The molecule has 2 N–H and O–H groups in total. The highest BCUT2D eigenvalue weighted by atomic mass is 35.5. The Kier molecular flexibility index (Phi) is 7.83. The molecular weight excluding hydrogens is 471 g/mol. The van der Waals surface area contributed by atoms with Gasteiger partial charge in [0, 0.05) is 47.2 Å². The third-order valence-corrected chi connectivity index (χ3v) is 6.10. The molecule has 184 valence electrons. The van der Waals surface area contributed by atoms with Crippen molar-refractivity contribution in [1.82, 2.24) is 4.98 Å². The third-order valence-electron chi connectivity index (χ3n) is 5.87. The number of nitrogens with zero attached hydrogens (tertiary/aromatic N) is 3. The molecule has 1 saturated carbocycles. The van der Waals surface area contributed by atoms with Crippen LogP contribution in [-0.2, 0) is 9.47 Å². The average molecular weight is 499 g/mol. The average Bonchev–Trinajstić information content (AvgIpc) is 3.68. The number of carbonyl (C=O) groups is 1. The maximum absolute atomic E-state index is 14.9. The van der Waals surface area contributed by atoms with E-state index in [9.17, 15) is 9.18 Å². The Bertz CT molecular complexity index is 1180. The number of anilines is 1. The molecule has 1 aromatic heterocycles. The van der Waals surface area contributed by atoms with Gasteiger partial charge in [0.1, 0.15) is 17.7 Å². The molecule has 9 heteroatoms. The first-order valence-corrected chi connectivity index (χ1v) is 11.9. The Morgan fingerprint density at radius 3 is 2.89 bits per heavy atom. The fourth-order valence-electron chi connectivity index (χ4n) is 3.88. The molecule has 35 heavy (non-hydrogen) atoms. The summed E-state index contributed by atoms with van der Waals surface area (Å²) in [7, 11) is 0. The Morgan fingerprint density at radius 2 is 2.23 bits per heavy atom. The number of aliphatic imine (C=N–C) groups is 1. The maximum Gasteiger partial charge on any atom is 0.338 e. The summed E-state index contributed by atoms with van der Waals surface area (Å²) in [6, 6.07) is 6.34. The van der Waals surface area contributed by atoms with E-state index >= 15 is 0 Å². The van der Waals surface area contributed by atoms with Gasteiger partial charge in [0.05, 0.1) is 30.5 Å². The number of pyridine rings is 1. The quantitative estimate of drug-likeness (QED) is 0.421. The number of rotatable bonds is 8. The third kappa shape index (κ3) is 5.71. The second-order valence-electron chi connectivity index (χ2n) is 8.32. The van der Waals surface area contributed by atoms with Crippen molar-refractivity contribution in [2.24, 2.45) is 10.7 Å². The van der Waals surface area contributed by atoms with E-state index in [1.54, 1.807) is 25.3 Å². The Balaban J connectivity index is 1.75. The number of nitrogens with two attached hydrogens (primary N) is 1. The SMILES string of the molecule is C=Cc1c(C(=O)OCC)cc(N2CCOC(/C(C=NC3CC3)=C/N)C2)nc1-c1ccc(Cl)cc1F. The molecule has 1 aliphatic heterocycles. The van der Waals surface area contributed by atoms with Gasteiger partial charge in [0.15, 0.2) is 0 Å². The van der Waals surface area contributed by atoms with E-state index in [1.165, 1.54) is 24.4 Å². The van der Waals surface area contributed by atoms with Gasteiger partial charge in [-0.2, -0.15) is 0 Å². The van der Waals surface area contributed by atoms with Gasteiger partial charge in [0.25, 0.3) is 0 Å². The summed E-state index contributed by atoms with van der Waals surface area (Å²) in [5.41, 5.74) is 7.77. The second kappa shape index (κ2) is 11.0. The molecule has 0 amide bonds. The Hall–Kier alpha value is -3.23. The predicted molar refractivity (Wildman–Crippen MR) is 136 cm³/mol. The largest absolute Gasteiger partial charge is 0.462 e. The van der Waals surface area contributed by atoms with E-state index in [1.807, 2.05) is 4.90 Å². The molecule has 2 aromatic rings. The van der Waals surface area contributed by atoms with Gasteiger partial charge < -0.3 is 20.1 Å². The normalized spacial score (nSPS) is 18.7. The van der Waals surface area contributed by atoms with Crippen molar-refractivity contribution < 1.29 is 18.7 Å². The summed E-state index contributed by atoms with van der Waals surface area (Å²) < 4.78 is 26.2. The van der Waals surface area contributed by atoms with E-state index in [-0.39, 0.29) is 34.6 Å². The van der Waals surface area contributed by atoms with Crippen molar-refractivity contribution in [3.8, 4) is 11.3 Å². The minimum Gasteiger partial charge on any atom is -0.462 e.